The van der Waals surface area contributed by atoms with E-state index in [0.717, 1.165) is 23.5 Å². The lowest BCUT2D eigenvalue weighted by molar-refractivity contribution is -0.137. The van der Waals surface area contributed by atoms with E-state index in [1.54, 1.807) is 12.1 Å². The molecule has 11 heteroatoms. The number of hydrogen-bond acceptors (Lipinski definition) is 6. The number of amides is 2. The van der Waals surface area contributed by atoms with Crippen LogP contribution in [0.2, 0.25) is 0 Å². The Balaban J connectivity index is 1.77. The summed E-state index contributed by atoms with van der Waals surface area (Å²) in [6.45, 7) is 5.80. The van der Waals surface area contributed by atoms with Crippen molar-refractivity contribution >= 4 is 28.2 Å². The zero-order valence-electron chi connectivity index (χ0n) is 16.2. The number of anilines is 2. The number of ether oxygens (including phenoxy) is 1. The van der Waals surface area contributed by atoms with Crippen molar-refractivity contribution in [3.8, 4) is 11.5 Å². The second-order valence-electron chi connectivity index (χ2n) is 7.24. The molecule has 2 N–H and O–H groups in total. The molecule has 0 aliphatic heterocycles. The molecule has 3 aromatic rings. The van der Waals surface area contributed by atoms with Gasteiger partial charge in [0.1, 0.15) is 16.5 Å². The summed E-state index contributed by atoms with van der Waals surface area (Å²) in [4.78, 5) is 16.0. The van der Waals surface area contributed by atoms with E-state index in [0.29, 0.717) is 5.01 Å². The molecule has 1 aromatic carbocycles. The quantitative estimate of drug-likeness (QED) is 0.548. The Bertz CT molecular complexity index is 1030. The lowest BCUT2D eigenvalue weighted by Crippen LogP contribution is -2.21. The van der Waals surface area contributed by atoms with E-state index >= 15 is 0 Å². The molecule has 0 atom stereocenters. The molecule has 0 saturated heterocycles. The van der Waals surface area contributed by atoms with Gasteiger partial charge >= 0.3 is 12.2 Å². The van der Waals surface area contributed by atoms with E-state index in [1.807, 2.05) is 20.8 Å². The van der Waals surface area contributed by atoms with Gasteiger partial charge in [0, 0.05) is 11.6 Å². The van der Waals surface area contributed by atoms with Crippen molar-refractivity contribution in [2.75, 3.05) is 10.6 Å². The Labute approximate surface area is 174 Å². The van der Waals surface area contributed by atoms with E-state index in [2.05, 4.69) is 25.8 Å². The number of hydrogen-bond donors (Lipinski definition) is 2. The van der Waals surface area contributed by atoms with Crippen molar-refractivity contribution in [3.05, 3.63) is 53.3 Å². The molecule has 0 unspecified atom stereocenters. The number of nitrogens with zero attached hydrogens (tertiary/aromatic N) is 3. The van der Waals surface area contributed by atoms with Crippen LogP contribution in [0, 0.1) is 0 Å². The van der Waals surface area contributed by atoms with Gasteiger partial charge in [-0.3, -0.25) is 10.3 Å². The summed E-state index contributed by atoms with van der Waals surface area (Å²) >= 11 is 1.15. The van der Waals surface area contributed by atoms with Crippen molar-refractivity contribution in [1.29, 1.82) is 0 Å². The fraction of sp³-hybridized carbons (Fsp3) is 0.263. The zero-order valence-corrected chi connectivity index (χ0v) is 17.1. The summed E-state index contributed by atoms with van der Waals surface area (Å²) in [5.74, 6) is 0.246. The van der Waals surface area contributed by atoms with Gasteiger partial charge in [-0.15, -0.1) is 10.2 Å². The molecule has 2 heterocycles. The van der Waals surface area contributed by atoms with Crippen LogP contribution in [0.25, 0.3) is 0 Å². The van der Waals surface area contributed by atoms with Crippen LogP contribution in [-0.2, 0) is 11.6 Å². The third-order valence-corrected chi connectivity index (χ3v) is 4.97. The average molecular weight is 437 g/mol. The molecule has 3 rings (SSSR count). The van der Waals surface area contributed by atoms with Gasteiger partial charge < -0.3 is 10.1 Å². The molecule has 0 fully saturated rings. The van der Waals surface area contributed by atoms with E-state index in [9.17, 15) is 18.0 Å². The number of benzene rings is 1. The van der Waals surface area contributed by atoms with Gasteiger partial charge in [0.2, 0.25) is 5.13 Å². The highest BCUT2D eigenvalue weighted by atomic mass is 32.1. The van der Waals surface area contributed by atoms with Crippen LogP contribution in [0.1, 0.15) is 31.3 Å². The average Bonchev–Trinajstić information content (AvgIpc) is 3.12. The van der Waals surface area contributed by atoms with Crippen LogP contribution in [-0.4, -0.2) is 21.2 Å². The second-order valence-corrected chi connectivity index (χ2v) is 8.21. The number of pyridine rings is 1. The van der Waals surface area contributed by atoms with E-state index < -0.39 is 23.5 Å². The maximum absolute atomic E-state index is 13.5. The number of rotatable bonds is 4. The van der Waals surface area contributed by atoms with Crippen LogP contribution in [0.3, 0.4) is 0 Å². The first-order valence-corrected chi connectivity index (χ1v) is 9.55. The third-order valence-electron chi connectivity index (χ3n) is 3.70. The molecule has 2 aromatic heterocycles. The van der Waals surface area contributed by atoms with Crippen LogP contribution >= 0.6 is 11.3 Å². The van der Waals surface area contributed by atoms with Crippen molar-refractivity contribution < 1.29 is 22.7 Å². The SMILES string of the molecule is CC(C)(C)c1nnc(NC(=O)Nc2ccc(Oc3cccnc3)cc2C(F)(F)F)s1. The Hall–Kier alpha value is -3.21. The summed E-state index contributed by atoms with van der Waals surface area (Å²) in [5.41, 5.74) is -1.73. The predicted molar refractivity (Wildman–Crippen MR) is 107 cm³/mol. The van der Waals surface area contributed by atoms with Crippen molar-refractivity contribution in [2.24, 2.45) is 0 Å². The lowest BCUT2D eigenvalue weighted by Gasteiger charge is -2.15. The number of aromatic nitrogens is 3. The van der Waals surface area contributed by atoms with Crippen LogP contribution in [0.5, 0.6) is 11.5 Å². The molecule has 30 heavy (non-hydrogen) atoms. The first-order chi connectivity index (χ1) is 14.0. The maximum atomic E-state index is 13.5. The van der Waals surface area contributed by atoms with Crippen LogP contribution in [0.4, 0.5) is 28.8 Å². The number of alkyl halides is 3. The summed E-state index contributed by atoms with van der Waals surface area (Å²) in [7, 11) is 0. The van der Waals surface area contributed by atoms with Gasteiger partial charge in [-0.25, -0.2) is 4.79 Å². The van der Waals surface area contributed by atoms with Gasteiger partial charge in [-0.05, 0) is 30.3 Å². The second kappa shape index (κ2) is 8.27. The number of halogens is 3. The Morgan fingerprint density at radius 1 is 1.07 bits per heavy atom. The molecule has 0 radical (unpaired) electrons. The summed E-state index contributed by atoms with van der Waals surface area (Å²) in [6, 6.07) is 5.55. The summed E-state index contributed by atoms with van der Waals surface area (Å²) < 4.78 is 46.0. The van der Waals surface area contributed by atoms with Gasteiger partial charge in [0.15, 0.2) is 0 Å². The minimum Gasteiger partial charge on any atom is -0.456 e. The van der Waals surface area contributed by atoms with Gasteiger partial charge in [-0.2, -0.15) is 13.2 Å². The smallest absolute Gasteiger partial charge is 0.418 e. The van der Waals surface area contributed by atoms with E-state index in [4.69, 9.17) is 4.74 Å². The van der Waals surface area contributed by atoms with Gasteiger partial charge in [0.05, 0.1) is 17.4 Å². The topological polar surface area (TPSA) is 89.0 Å². The minimum absolute atomic E-state index is 0.0415. The third kappa shape index (κ3) is 5.44. The minimum atomic E-state index is -4.71. The molecule has 0 aliphatic rings. The first kappa shape index (κ1) is 21.5. The fourth-order valence-electron chi connectivity index (χ4n) is 2.30. The molecule has 7 nitrogen and oxygen atoms in total. The zero-order chi connectivity index (χ0) is 21.9. The molecule has 0 spiro atoms. The molecular formula is C19H18F3N5O2S. The standard InChI is InChI=1S/C19H18F3N5O2S/c1-18(2,3)15-26-27-17(30-15)25-16(28)24-14-7-6-11(9-13(14)19(20,21)22)29-12-5-4-8-23-10-12/h4-10H,1-3H3,(H2,24,25,27,28). The highest BCUT2D eigenvalue weighted by Crippen LogP contribution is 2.38. The van der Waals surface area contributed by atoms with Crippen molar-refractivity contribution in [1.82, 2.24) is 15.2 Å². The number of urea groups is 1. The predicted octanol–water partition coefficient (Wildman–Crippen LogP) is 5.69. The molecule has 0 saturated carbocycles. The fourth-order valence-corrected chi connectivity index (χ4v) is 3.10. The van der Waals surface area contributed by atoms with E-state index in [-0.39, 0.29) is 22.0 Å². The maximum Gasteiger partial charge on any atom is 0.418 e. The lowest BCUT2D eigenvalue weighted by atomic mass is 9.98. The first-order valence-electron chi connectivity index (χ1n) is 8.73. The number of nitrogens with one attached hydrogen (secondary N) is 2. The number of carbonyl (C=O) groups is 1. The summed E-state index contributed by atoms with van der Waals surface area (Å²) in [5, 5.41) is 13.3. The Kier molecular flexibility index (Phi) is 5.92. The Morgan fingerprint density at radius 2 is 1.83 bits per heavy atom. The highest BCUT2D eigenvalue weighted by Gasteiger charge is 2.34. The summed E-state index contributed by atoms with van der Waals surface area (Å²) in [6.07, 6.45) is -1.82. The normalized spacial score (nSPS) is 11.8. The van der Waals surface area contributed by atoms with Crippen LogP contribution in [0.15, 0.2) is 42.7 Å². The highest BCUT2D eigenvalue weighted by molar-refractivity contribution is 7.15. The largest absolute Gasteiger partial charge is 0.456 e. The monoisotopic (exact) mass is 437 g/mol. The van der Waals surface area contributed by atoms with Gasteiger partial charge in [0.25, 0.3) is 0 Å². The Morgan fingerprint density at radius 3 is 2.43 bits per heavy atom. The molecule has 2 amide bonds. The molecule has 0 aliphatic carbocycles. The van der Waals surface area contributed by atoms with Gasteiger partial charge in [-0.1, -0.05) is 32.1 Å². The van der Waals surface area contributed by atoms with E-state index in [1.165, 1.54) is 18.5 Å². The number of carbonyl (C=O) groups excluding carboxylic acids is 1. The molecule has 158 valence electrons. The van der Waals surface area contributed by atoms with Crippen molar-refractivity contribution in [2.45, 2.75) is 32.4 Å². The molecular weight excluding hydrogens is 419 g/mol. The molecule has 0 bridgehead atoms. The van der Waals surface area contributed by atoms with Crippen LogP contribution < -0.4 is 15.4 Å². The van der Waals surface area contributed by atoms with Crippen molar-refractivity contribution in [3.63, 3.8) is 0 Å².